The molecule has 0 aliphatic heterocycles. The van der Waals surface area contributed by atoms with Crippen LogP contribution in [0.2, 0.25) is 0 Å². The highest BCUT2D eigenvalue weighted by molar-refractivity contribution is 6.43. The predicted molar refractivity (Wildman–Crippen MR) is 86.4 cm³/mol. The molecule has 3 rings (SSSR count). The van der Waals surface area contributed by atoms with E-state index in [1.54, 1.807) is 54.2 Å². The summed E-state index contributed by atoms with van der Waals surface area (Å²) in [6.45, 7) is 0. The van der Waals surface area contributed by atoms with Crippen LogP contribution in [0.1, 0.15) is 27.6 Å². The molecular weight excluding hydrogens is 309 g/mol. The smallest absolute Gasteiger partial charge is 0.245 e. The van der Waals surface area contributed by atoms with E-state index in [1.165, 1.54) is 12.1 Å². The summed E-state index contributed by atoms with van der Waals surface area (Å²) in [6, 6.07) is 12.9. The number of hydrogen-bond donors (Lipinski definition) is 0. The zero-order valence-electron chi connectivity index (χ0n) is 13.2. The van der Waals surface area contributed by atoms with Crippen molar-refractivity contribution in [1.29, 1.82) is 0 Å². The largest absolute Gasteiger partial charge is 0.465 e. The van der Waals surface area contributed by atoms with Crippen molar-refractivity contribution in [3.05, 3.63) is 83.3 Å². The van der Waals surface area contributed by atoms with Gasteiger partial charge in [-0.3, -0.25) is 9.59 Å². The fourth-order valence-corrected chi connectivity index (χ4v) is 2.49. The molecule has 0 saturated carbocycles. The van der Waals surface area contributed by atoms with Crippen LogP contribution in [0.5, 0.6) is 0 Å². The monoisotopic (exact) mass is 325 g/mol. The Kier molecular flexibility index (Phi) is 4.42. The molecule has 1 aromatic carbocycles. The molecule has 0 aliphatic carbocycles. The molecule has 2 heterocycles. The lowest BCUT2D eigenvalue weighted by molar-refractivity contribution is -0.114. The van der Waals surface area contributed by atoms with E-state index in [-0.39, 0.29) is 12.2 Å². The summed E-state index contributed by atoms with van der Waals surface area (Å²) >= 11 is 0. The maximum Gasteiger partial charge on any atom is 0.245 e. The summed E-state index contributed by atoms with van der Waals surface area (Å²) in [6.07, 6.45) is 2.14. The van der Waals surface area contributed by atoms with Gasteiger partial charge >= 0.3 is 0 Å². The Morgan fingerprint density at radius 3 is 2.42 bits per heavy atom. The Morgan fingerprint density at radius 2 is 1.75 bits per heavy atom. The third kappa shape index (κ3) is 3.51. The van der Waals surface area contributed by atoms with Crippen molar-refractivity contribution < 1.29 is 18.4 Å². The number of aromatic nitrogens is 1. The molecule has 5 heteroatoms. The van der Waals surface area contributed by atoms with Gasteiger partial charge in [0.15, 0.2) is 0 Å². The quantitative estimate of drug-likeness (QED) is 0.516. The first-order valence-electron chi connectivity index (χ1n) is 7.54. The molecule has 0 aliphatic rings. The van der Waals surface area contributed by atoms with Crippen LogP contribution in [-0.2, 0) is 24.7 Å². The molecule has 0 fully saturated rings. The third-order valence-corrected chi connectivity index (χ3v) is 3.77. The molecule has 2 aromatic heterocycles. The van der Waals surface area contributed by atoms with E-state index in [4.69, 9.17) is 4.42 Å². The number of carbonyl (C=O) groups is 2. The van der Waals surface area contributed by atoms with Crippen LogP contribution < -0.4 is 0 Å². The molecule has 0 N–H and O–H groups in total. The van der Waals surface area contributed by atoms with E-state index in [9.17, 15) is 14.0 Å². The van der Waals surface area contributed by atoms with E-state index in [0.717, 1.165) is 5.56 Å². The summed E-state index contributed by atoms with van der Waals surface area (Å²) in [7, 11) is 1.72. The number of rotatable bonds is 6. The second kappa shape index (κ2) is 6.66. The zero-order valence-corrected chi connectivity index (χ0v) is 13.2. The first-order chi connectivity index (χ1) is 11.5. The number of nitrogens with zero attached hydrogens (tertiary/aromatic N) is 1. The van der Waals surface area contributed by atoms with Crippen molar-refractivity contribution in [2.75, 3.05) is 0 Å². The number of carbonyl (C=O) groups excluding carboxylic acids is 2. The number of aryl methyl sites for hydroxylation is 1. The Bertz CT molecular complexity index is 874. The molecule has 0 bridgehead atoms. The van der Waals surface area contributed by atoms with Crippen molar-refractivity contribution in [1.82, 2.24) is 4.57 Å². The van der Waals surface area contributed by atoms with E-state index in [1.807, 2.05) is 0 Å². The molecule has 0 unspecified atom stereocenters. The van der Waals surface area contributed by atoms with Gasteiger partial charge in [0.25, 0.3) is 0 Å². The van der Waals surface area contributed by atoms with Gasteiger partial charge in [0.2, 0.25) is 11.6 Å². The van der Waals surface area contributed by atoms with Gasteiger partial charge in [0, 0.05) is 19.7 Å². The van der Waals surface area contributed by atoms with Crippen LogP contribution in [0.15, 0.2) is 59.1 Å². The van der Waals surface area contributed by atoms with E-state index in [0.29, 0.717) is 23.6 Å². The molecule has 0 atom stereocenters. The van der Waals surface area contributed by atoms with Gasteiger partial charge in [0.1, 0.15) is 17.3 Å². The molecular formula is C19H16FNO3. The molecule has 122 valence electrons. The fourth-order valence-electron chi connectivity index (χ4n) is 2.49. The highest BCUT2D eigenvalue weighted by Crippen LogP contribution is 2.15. The van der Waals surface area contributed by atoms with E-state index in [2.05, 4.69) is 0 Å². The van der Waals surface area contributed by atoms with Gasteiger partial charge in [-0.25, -0.2) is 4.39 Å². The minimum Gasteiger partial charge on any atom is -0.465 e. The average Bonchev–Trinajstić information content (AvgIpc) is 3.18. The van der Waals surface area contributed by atoms with E-state index >= 15 is 0 Å². The van der Waals surface area contributed by atoms with Crippen molar-refractivity contribution in [2.45, 2.75) is 12.8 Å². The Morgan fingerprint density at radius 1 is 1.04 bits per heavy atom. The SMILES string of the molecule is Cn1cccc1C(=O)C(=O)Cc1ccc(Cc2ccc(F)cc2)o1. The van der Waals surface area contributed by atoms with Crippen molar-refractivity contribution in [3.8, 4) is 0 Å². The van der Waals surface area contributed by atoms with Crippen LogP contribution in [0.25, 0.3) is 0 Å². The second-order valence-corrected chi connectivity index (χ2v) is 5.60. The topological polar surface area (TPSA) is 52.2 Å². The highest BCUT2D eigenvalue weighted by atomic mass is 19.1. The lowest BCUT2D eigenvalue weighted by Crippen LogP contribution is -2.18. The first kappa shape index (κ1) is 15.9. The number of ketones is 2. The summed E-state index contributed by atoms with van der Waals surface area (Å²) in [5.74, 6) is -0.225. The summed E-state index contributed by atoms with van der Waals surface area (Å²) in [4.78, 5) is 24.2. The van der Waals surface area contributed by atoms with Gasteiger partial charge in [0.05, 0.1) is 12.1 Å². The molecule has 4 nitrogen and oxygen atoms in total. The van der Waals surface area contributed by atoms with Gasteiger partial charge < -0.3 is 8.98 Å². The maximum absolute atomic E-state index is 12.9. The first-order valence-corrected chi connectivity index (χ1v) is 7.54. The Hall–Kier alpha value is -2.95. The van der Waals surface area contributed by atoms with Crippen molar-refractivity contribution in [2.24, 2.45) is 7.05 Å². The van der Waals surface area contributed by atoms with Crippen molar-refractivity contribution >= 4 is 11.6 Å². The summed E-state index contributed by atoms with van der Waals surface area (Å²) in [5.41, 5.74) is 1.27. The second-order valence-electron chi connectivity index (χ2n) is 5.60. The number of furan rings is 1. The summed E-state index contributed by atoms with van der Waals surface area (Å²) in [5, 5.41) is 0. The zero-order chi connectivity index (χ0) is 17.1. The van der Waals surface area contributed by atoms with E-state index < -0.39 is 11.6 Å². The van der Waals surface area contributed by atoms with Gasteiger partial charge in [-0.15, -0.1) is 0 Å². The lowest BCUT2D eigenvalue weighted by Gasteiger charge is -2.01. The van der Waals surface area contributed by atoms with Crippen molar-refractivity contribution in [3.63, 3.8) is 0 Å². The number of benzene rings is 1. The Labute approximate surface area is 138 Å². The molecule has 3 aromatic rings. The van der Waals surface area contributed by atoms with Crippen LogP contribution in [-0.4, -0.2) is 16.1 Å². The molecule has 0 saturated heterocycles. The standard InChI is InChI=1S/C19H16FNO3/c1-21-10-2-3-17(21)19(23)18(22)12-16-9-8-15(24-16)11-13-4-6-14(20)7-5-13/h2-10H,11-12H2,1H3. The summed E-state index contributed by atoms with van der Waals surface area (Å²) < 4.78 is 20.1. The minimum absolute atomic E-state index is 0.0760. The maximum atomic E-state index is 12.9. The molecule has 0 amide bonds. The van der Waals surface area contributed by atoms with Gasteiger partial charge in [-0.1, -0.05) is 12.1 Å². The normalized spacial score (nSPS) is 10.8. The predicted octanol–water partition coefficient (Wildman–Crippen LogP) is 3.34. The highest BCUT2D eigenvalue weighted by Gasteiger charge is 2.20. The number of halogens is 1. The molecule has 0 spiro atoms. The van der Waals surface area contributed by atoms with Gasteiger partial charge in [-0.05, 0) is 42.0 Å². The third-order valence-electron chi connectivity index (χ3n) is 3.77. The molecule has 24 heavy (non-hydrogen) atoms. The number of hydrogen-bond acceptors (Lipinski definition) is 3. The fraction of sp³-hybridized carbons (Fsp3) is 0.158. The van der Waals surface area contributed by atoms with Crippen LogP contribution in [0.4, 0.5) is 4.39 Å². The van der Waals surface area contributed by atoms with Crippen LogP contribution >= 0.6 is 0 Å². The average molecular weight is 325 g/mol. The van der Waals surface area contributed by atoms with Gasteiger partial charge in [-0.2, -0.15) is 0 Å². The Balaban J connectivity index is 1.65. The lowest BCUT2D eigenvalue weighted by atomic mass is 10.1. The number of Topliss-reactive ketones (excluding diaryl/α,β-unsaturated/α-hetero) is 2. The van der Waals surface area contributed by atoms with Crippen LogP contribution in [0, 0.1) is 5.82 Å². The molecule has 0 radical (unpaired) electrons. The minimum atomic E-state index is -0.529. The van der Waals surface area contributed by atoms with Crippen LogP contribution in [0.3, 0.4) is 0 Å².